The Morgan fingerprint density at radius 1 is 1.41 bits per heavy atom. The Morgan fingerprint density at radius 3 is 2.86 bits per heavy atom. The smallest absolute Gasteiger partial charge is 0.258 e. The molecule has 4 unspecified atom stereocenters. The molecule has 2 aliphatic rings. The number of halogens is 1. The average molecular weight is 366 g/mol. The summed E-state index contributed by atoms with van der Waals surface area (Å²) in [5, 5.41) is 3.13. The third-order valence-corrected chi connectivity index (χ3v) is 5.89. The van der Waals surface area contributed by atoms with Crippen LogP contribution in [0.25, 0.3) is 0 Å². The molecule has 0 aromatic heterocycles. The first-order chi connectivity index (χ1) is 10.5. The lowest BCUT2D eigenvalue weighted by molar-refractivity contribution is -0.124. The van der Waals surface area contributed by atoms with Crippen LogP contribution in [0.4, 0.5) is 0 Å². The first kappa shape index (κ1) is 15.9. The van der Waals surface area contributed by atoms with E-state index >= 15 is 0 Å². The molecule has 2 fully saturated rings. The van der Waals surface area contributed by atoms with Crippen LogP contribution in [0.5, 0.6) is 5.75 Å². The minimum Gasteiger partial charge on any atom is -0.483 e. The molecule has 2 aliphatic carbocycles. The molecule has 4 atom stereocenters. The van der Waals surface area contributed by atoms with Gasteiger partial charge in [0.2, 0.25) is 0 Å². The SMILES string of the molecule is Cc1ccc(OCC(=O)NC(C)C2CC3CCC2C3)c(Br)c1. The van der Waals surface area contributed by atoms with Crippen LogP contribution in [-0.2, 0) is 4.79 Å². The van der Waals surface area contributed by atoms with E-state index in [1.807, 2.05) is 25.1 Å². The number of hydrogen-bond acceptors (Lipinski definition) is 2. The lowest BCUT2D eigenvalue weighted by Crippen LogP contribution is -2.42. The third kappa shape index (κ3) is 3.48. The molecule has 120 valence electrons. The molecule has 1 amide bonds. The molecule has 0 spiro atoms. The summed E-state index contributed by atoms with van der Waals surface area (Å²) in [6, 6.07) is 6.13. The van der Waals surface area contributed by atoms with E-state index in [1.165, 1.54) is 25.7 Å². The molecule has 0 saturated heterocycles. The maximum Gasteiger partial charge on any atom is 0.258 e. The molecule has 1 aromatic rings. The van der Waals surface area contributed by atoms with Crippen molar-refractivity contribution in [2.45, 2.75) is 45.6 Å². The summed E-state index contributed by atoms with van der Waals surface area (Å²) in [5.74, 6) is 3.09. The van der Waals surface area contributed by atoms with Gasteiger partial charge in [-0.15, -0.1) is 0 Å². The fourth-order valence-corrected chi connectivity index (χ4v) is 4.78. The average Bonchev–Trinajstić information content (AvgIpc) is 3.09. The van der Waals surface area contributed by atoms with Crippen molar-refractivity contribution in [3.05, 3.63) is 28.2 Å². The molecule has 0 aliphatic heterocycles. The summed E-state index contributed by atoms with van der Waals surface area (Å²) in [6.45, 7) is 4.25. The lowest BCUT2D eigenvalue weighted by atomic mass is 9.84. The number of amides is 1. The summed E-state index contributed by atoms with van der Waals surface area (Å²) in [5.41, 5.74) is 1.16. The zero-order valence-corrected chi connectivity index (χ0v) is 14.9. The Labute approximate surface area is 140 Å². The molecule has 1 aromatic carbocycles. The van der Waals surface area contributed by atoms with Crippen molar-refractivity contribution in [1.29, 1.82) is 0 Å². The summed E-state index contributed by atoms with van der Waals surface area (Å²) in [7, 11) is 0. The van der Waals surface area contributed by atoms with Crippen LogP contribution in [-0.4, -0.2) is 18.6 Å². The van der Waals surface area contributed by atoms with Gasteiger partial charge in [-0.1, -0.05) is 12.5 Å². The highest BCUT2D eigenvalue weighted by atomic mass is 79.9. The van der Waals surface area contributed by atoms with Crippen LogP contribution >= 0.6 is 15.9 Å². The van der Waals surface area contributed by atoms with Crippen molar-refractivity contribution in [3.63, 3.8) is 0 Å². The second kappa shape index (κ2) is 6.61. The van der Waals surface area contributed by atoms with Crippen molar-refractivity contribution in [3.8, 4) is 5.75 Å². The standard InChI is InChI=1S/C18H24BrNO2/c1-11-3-6-17(16(19)7-11)22-10-18(21)20-12(2)15-9-13-4-5-14(15)8-13/h3,6-7,12-15H,4-5,8-10H2,1-2H3,(H,20,21). The van der Waals surface area contributed by atoms with Crippen LogP contribution in [0.2, 0.25) is 0 Å². The molecule has 2 saturated carbocycles. The van der Waals surface area contributed by atoms with Gasteiger partial charge in [-0.25, -0.2) is 0 Å². The van der Waals surface area contributed by atoms with Gasteiger partial charge in [0.15, 0.2) is 6.61 Å². The van der Waals surface area contributed by atoms with Crippen LogP contribution in [0.1, 0.15) is 38.2 Å². The number of ether oxygens (including phenoxy) is 1. The Morgan fingerprint density at radius 2 is 2.23 bits per heavy atom. The first-order valence-corrected chi connectivity index (χ1v) is 9.00. The van der Waals surface area contributed by atoms with E-state index in [4.69, 9.17) is 4.74 Å². The number of hydrogen-bond donors (Lipinski definition) is 1. The van der Waals surface area contributed by atoms with Gasteiger partial charge in [-0.3, -0.25) is 4.79 Å². The normalized spacial score (nSPS) is 27.7. The molecule has 3 rings (SSSR count). The highest BCUT2D eigenvalue weighted by Gasteiger charge is 2.42. The van der Waals surface area contributed by atoms with Crippen molar-refractivity contribution >= 4 is 21.8 Å². The molecule has 1 N–H and O–H groups in total. The van der Waals surface area contributed by atoms with Crippen LogP contribution in [0, 0.1) is 24.7 Å². The molecular formula is C18H24BrNO2. The highest BCUT2D eigenvalue weighted by Crippen LogP contribution is 2.49. The molecule has 4 heteroatoms. The second-order valence-electron chi connectivity index (χ2n) is 6.92. The fourth-order valence-electron chi connectivity index (χ4n) is 4.18. The fraction of sp³-hybridized carbons (Fsp3) is 0.611. The van der Waals surface area contributed by atoms with Gasteiger partial charge < -0.3 is 10.1 Å². The Kier molecular flexibility index (Phi) is 4.76. The van der Waals surface area contributed by atoms with Gasteiger partial charge in [0.05, 0.1) is 4.47 Å². The molecule has 2 bridgehead atoms. The molecule has 22 heavy (non-hydrogen) atoms. The first-order valence-electron chi connectivity index (χ1n) is 8.21. The minimum atomic E-state index is -0.0252. The summed E-state index contributed by atoms with van der Waals surface area (Å²) in [4.78, 5) is 12.1. The number of nitrogens with one attached hydrogen (secondary N) is 1. The largest absolute Gasteiger partial charge is 0.483 e. The second-order valence-corrected chi connectivity index (χ2v) is 7.77. The number of benzene rings is 1. The van der Waals surface area contributed by atoms with E-state index < -0.39 is 0 Å². The summed E-state index contributed by atoms with van der Waals surface area (Å²) < 4.78 is 6.51. The van der Waals surface area contributed by atoms with Crippen molar-refractivity contribution in [2.24, 2.45) is 17.8 Å². The van der Waals surface area contributed by atoms with E-state index in [2.05, 4.69) is 28.2 Å². The topological polar surface area (TPSA) is 38.3 Å². The molecule has 3 nitrogen and oxygen atoms in total. The predicted molar refractivity (Wildman–Crippen MR) is 90.9 cm³/mol. The van der Waals surface area contributed by atoms with E-state index in [0.717, 1.165) is 21.9 Å². The quantitative estimate of drug-likeness (QED) is 0.853. The molecular weight excluding hydrogens is 342 g/mol. The molecule has 0 heterocycles. The number of fused-ring (bicyclic) bond motifs is 2. The number of carbonyl (C=O) groups is 1. The van der Waals surface area contributed by atoms with Gasteiger partial charge in [0.1, 0.15) is 5.75 Å². The number of aryl methyl sites for hydroxylation is 1. The van der Waals surface area contributed by atoms with E-state index in [9.17, 15) is 4.79 Å². The van der Waals surface area contributed by atoms with Crippen LogP contribution in [0.3, 0.4) is 0 Å². The van der Waals surface area contributed by atoms with Gasteiger partial charge in [0.25, 0.3) is 5.91 Å². The Hall–Kier alpha value is -1.03. The van der Waals surface area contributed by atoms with Crippen LogP contribution < -0.4 is 10.1 Å². The zero-order valence-electron chi connectivity index (χ0n) is 13.3. The maximum atomic E-state index is 12.1. The highest BCUT2D eigenvalue weighted by molar-refractivity contribution is 9.10. The monoisotopic (exact) mass is 365 g/mol. The maximum absolute atomic E-state index is 12.1. The number of rotatable bonds is 5. The third-order valence-electron chi connectivity index (χ3n) is 5.27. The van der Waals surface area contributed by atoms with Crippen molar-refractivity contribution in [2.75, 3.05) is 6.61 Å². The Bertz CT molecular complexity index is 560. The minimum absolute atomic E-state index is 0.0252. The number of carbonyl (C=O) groups excluding carboxylic acids is 1. The summed E-state index contributed by atoms with van der Waals surface area (Å²) in [6.07, 6.45) is 5.41. The van der Waals surface area contributed by atoms with Crippen molar-refractivity contribution < 1.29 is 9.53 Å². The zero-order chi connectivity index (χ0) is 15.7. The van der Waals surface area contributed by atoms with Crippen molar-refractivity contribution in [1.82, 2.24) is 5.32 Å². The van der Waals surface area contributed by atoms with E-state index in [1.54, 1.807) is 0 Å². The summed E-state index contributed by atoms with van der Waals surface area (Å²) >= 11 is 3.47. The Balaban J connectivity index is 1.48. The van der Waals surface area contributed by atoms with Gasteiger partial charge in [-0.2, -0.15) is 0 Å². The lowest BCUT2D eigenvalue weighted by Gasteiger charge is -2.28. The molecule has 0 radical (unpaired) electrons. The van der Waals surface area contributed by atoms with Gasteiger partial charge in [-0.05, 0) is 84.5 Å². The van der Waals surface area contributed by atoms with E-state index in [-0.39, 0.29) is 18.6 Å². The van der Waals surface area contributed by atoms with Crippen LogP contribution in [0.15, 0.2) is 22.7 Å². The predicted octanol–water partition coefficient (Wildman–Crippen LogP) is 4.08. The van der Waals surface area contributed by atoms with Gasteiger partial charge >= 0.3 is 0 Å². The van der Waals surface area contributed by atoms with Gasteiger partial charge in [0, 0.05) is 6.04 Å². The van der Waals surface area contributed by atoms with E-state index in [0.29, 0.717) is 11.7 Å².